The Hall–Kier alpha value is -4.01. The lowest BCUT2D eigenvalue weighted by Gasteiger charge is -2.15. The van der Waals surface area contributed by atoms with Gasteiger partial charge in [0.15, 0.2) is 5.69 Å². The highest BCUT2D eigenvalue weighted by molar-refractivity contribution is 5.95. The Morgan fingerprint density at radius 2 is 1.75 bits per heavy atom. The molecule has 2 aromatic heterocycles. The Morgan fingerprint density at radius 1 is 1.00 bits per heavy atom. The average Bonchev–Trinajstić information content (AvgIpc) is 3.42. The molecule has 6 nitrogen and oxygen atoms in total. The van der Waals surface area contributed by atoms with Crippen molar-refractivity contribution in [2.75, 3.05) is 5.43 Å². The van der Waals surface area contributed by atoms with Crippen molar-refractivity contribution in [3.8, 4) is 16.9 Å². The number of fused-ring (bicyclic) bond motifs is 3. The van der Waals surface area contributed by atoms with Crippen LogP contribution in [-0.4, -0.2) is 15.7 Å². The van der Waals surface area contributed by atoms with Crippen molar-refractivity contribution in [1.29, 1.82) is 0 Å². The Labute approximate surface area is 180 Å². The average molecular weight is 438 g/mol. The highest BCUT2D eigenvalue weighted by Crippen LogP contribution is 2.42. The maximum Gasteiger partial charge on any atom is 0.435 e. The first-order valence-electron chi connectivity index (χ1n) is 9.89. The monoisotopic (exact) mass is 438 g/mol. The van der Waals surface area contributed by atoms with Gasteiger partial charge >= 0.3 is 6.18 Å². The smallest absolute Gasteiger partial charge is 0.435 e. The number of hydrogen-bond acceptors (Lipinski definition) is 4. The van der Waals surface area contributed by atoms with Crippen LogP contribution >= 0.6 is 0 Å². The topological polar surface area (TPSA) is 72.1 Å². The molecule has 2 heterocycles. The number of halogens is 3. The van der Waals surface area contributed by atoms with E-state index in [9.17, 15) is 18.0 Å². The minimum Gasteiger partial charge on any atom is -0.469 e. The van der Waals surface area contributed by atoms with E-state index in [0.717, 1.165) is 5.69 Å². The molecule has 162 valence electrons. The van der Waals surface area contributed by atoms with Gasteiger partial charge in [0.2, 0.25) is 0 Å². The number of nitrogens with one attached hydrogen (secondary N) is 2. The van der Waals surface area contributed by atoms with Crippen LogP contribution < -0.4 is 10.9 Å². The largest absolute Gasteiger partial charge is 0.469 e. The fourth-order valence-corrected chi connectivity index (χ4v) is 3.84. The molecule has 0 radical (unpaired) electrons. The highest BCUT2D eigenvalue weighted by Gasteiger charge is 2.41. The minimum atomic E-state index is -4.57. The lowest BCUT2D eigenvalue weighted by Crippen LogP contribution is -2.29. The van der Waals surface area contributed by atoms with Gasteiger partial charge < -0.3 is 4.42 Å². The van der Waals surface area contributed by atoms with Gasteiger partial charge in [0, 0.05) is 23.1 Å². The summed E-state index contributed by atoms with van der Waals surface area (Å²) in [5.41, 5.74) is 7.10. The van der Waals surface area contributed by atoms with Crippen LogP contribution in [0, 0.1) is 0 Å². The molecule has 1 amide bonds. The molecule has 0 saturated carbocycles. The first-order valence-corrected chi connectivity index (χ1v) is 9.89. The van der Waals surface area contributed by atoms with Gasteiger partial charge in [-0.1, -0.05) is 18.2 Å². The number of rotatable bonds is 4. The van der Waals surface area contributed by atoms with Crippen molar-refractivity contribution in [3.05, 3.63) is 89.5 Å². The van der Waals surface area contributed by atoms with E-state index in [1.807, 2.05) is 18.2 Å². The Balaban J connectivity index is 1.46. The predicted molar refractivity (Wildman–Crippen MR) is 111 cm³/mol. The van der Waals surface area contributed by atoms with E-state index in [1.165, 1.54) is 23.1 Å². The molecule has 5 rings (SSSR count). The van der Waals surface area contributed by atoms with Crippen LogP contribution in [-0.2, 0) is 19.0 Å². The number of anilines is 1. The summed E-state index contributed by atoms with van der Waals surface area (Å²) in [7, 11) is 0. The molecule has 0 aliphatic heterocycles. The van der Waals surface area contributed by atoms with Crippen molar-refractivity contribution >= 4 is 11.6 Å². The number of carbonyl (C=O) groups is 1. The molecule has 32 heavy (non-hydrogen) atoms. The zero-order chi connectivity index (χ0) is 22.3. The molecule has 0 atom stereocenters. The summed E-state index contributed by atoms with van der Waals surface area (Å²) in [6.07, 6.45) is -2.52. The lowest BCUT2D eigenvalue weighted by atomic mass is 9.94. The molecule has 0 bridgehead atoms. The number of para-hydroxylation sites is 1. The van der Waals surface area contributed by atoms with Gasteiger partial charge in [-0.25, -0.2) is 4.68 Å². The molecule has 0 spiro atoms. The molecule has 2 aromatic carbocycles. The summed E-state index contributed by atoms with van der Waals surface area (Å²) in [5, 5.41) is 3.90. The molecule has 2 N–H and O–H groups in total. The summed E-state index contributed by atoms with van der Waals surface area (Å²) < 4.78 is 47.6. The van der Waals surface area contributed by atoms with Crippen molar-refractivity contribution in [2.45, 2.75) is 19.0 Å². The SMILES string of the molecule is O=C(NNc1ccccc1)c1ccc(-n2nc(C(F)(F)F)c3c2-c2ccoc2CC3)cc1. The Morgan fingerprint density at radius 3 is 2.47 bits per heavy atom. The normalized spacial score (nSPS) is 12.7. The van der Waals surface area contributed by atoms with Crippen LogP contribution in [0.4, 0.5) is 18.9 Å². The van der Waals surface area contributed by atoms with Crippen LogP contribution in [0.1, 0.15) is 27.4 Å². The van der Waals surface area contributed by atoms with Crippen LogP contribution in [0.5, 0.6) is 0 Å². The number of amides is 1. The number of furan rings is 1. The van der Waals surface area contributed by atoms with Crippen molar-refractivity contribution < 1.29 is 22.4 Å². The molecule has 0 unspecified atom stereocenters. The number of aryl methyl sites for hydroxylation is 1. The number of carbonyl (C=O) groups excluding carboxylic acids is 1. The number of hydrazine groups is 1. The van der Waals surface area contributed by atoms with E-state index in [2.05, 4.69) is 16.0 Å². The van der Waals surface area contributed by atoms with Gasteiger partial charge in [-0.05, 0) is 48.9 Å². The number of alkyl halides is 3. The van der Waals surface area contributed by atoms with E-state index in [0.29, 0.717) is 34.7 Å². The van der Waals surface area contributed by atoms with Crippen molar-refractivity contribution in [3.63, 3.8) is 0 Å². The van der Waals surface area contributed by atoms with E-state index >= 15 is 0 Å². The predicted octanol–water partition coefficient (Wildman–Crippen LogP) is 5.01. The van der Waals surface area contributed by atoms with E-state index in [-0.39, 0.29) is 17.9 Å². The number of aromatic nitrogens is 2. The minimum absolute atomic E-state index is 0.153. The van der Waals surface area contributed by atoms with Crippen LogP contribution in [0.25, 0.3) is 16.9 Å². The maximum atomic E-state index is 13.6. The second-order valence-corrected chi connectivity index (χ2v) is 7.33. The third kappa shape index (κ3) is 3.51. The summed E-state index contributed by atoms with van der Waals surface area (Å²) in [4.78, 5) is 12.4. The van der Waals surface area contributed by atoms with Gasteiger partial charge in [0.25, 0.3) is 5.91 Å². The number of nitrogens with zero attached hydrogens (tertiary/aromatic N) is 2. The first kappa shape index (κ1) is 19.9. The van der Waals surface area contributed by atoms with Gasteiger partial charge in [0.1, 0.15) is 5.76 Å². The van der Waals surface area contributed by atoms with Crippen LogP contribution in [0.15, 0.2) is 71.3 Å². The molecule has 4 aromatic rings. The fraction of sp³-hybridized carbons (Fsp3) is 0.130. The van der Waals surface area contributed by atoms with E-state index < -0.39 is 11.9 Å². The standard InChI is InChI=1S/C23H17F3N4O2/c24-23(25,26)21-18-10-11-19-17(12-13-32-19)20(18)30(29-21)16-8-6-14(7-9-16)22(31)28-27-15-4-2-1-3-5-15/h1-9,12-13,27H,10-11H2,(H,28,31). The van der Waals surface area contributed by atoms with Crippen LogP contribution in [0.3, 0.4) is 0 Å². The summed E-state index contributed by atoms with van der Waals surface area (Å²) >= 11 is 0. The zero-order valence-electron chi connectivity index (χ0n) is 16.6. The van der Waals surface area contributed by atoms with Gasteiger partial charge in [-0.2, -0.15) is 18.3 Å². The molecular formula is C23H17F3N4O2. The van der Waals surface area contributed by atoms with Gasteiger partial charge in [-0.3, -0.25) is 15.6 Å². The first-order chi connectivity index (χ1) is 15.4. The second-order valence-electron chi connectivity index (χ2n) is 7.33. The Bertz CT molecular complexity index is 1280. The van der Waals surface area contributed by atoms with Gasteiger partial charge in [0.05, 0.1) is 23.3 Å². The third-order valence-corrected chi connectivity index (χ3v) is 5.32. The summed E-state index contributed by atoms with van der Waals surface area (Å²) in [6.45, 7) is 0. The van der Waals surface area contributed by atoms with Gasteiger partial charge in [-0.15, -0.1) is 0 Å². The van der Waals surface area contributed by atoms with E-state index in [1.54, 1.807) is 30.3 Å². The van der Waals surface area contributed by atoms with Crippen molar-refractivity contribution in [1.82, 2.24) is 15.2 Å². The Kier molecular flexibility index (Phi) is 4.73. The molecule has 0 fully saturated rings. The quantitative estimate of drug-likeness (QED) is 0.440. The third-order valence-electron chi connectivity index (χ3n) is 5.32. The van der Waals surface area contributed by atoms with E-state index in [4.69, 9.17) is 4.42 Å². The molecule has 1 aliphatic rings. The fourth-order valence-electron chi connectivity index (χ4n) is 3.84. The number of benzene rings is 2. The molecule has 1 aliphatic carbocycles. The summed E-state index contributed by atoms with van der Waals surface area (Å²) in [6, 6.07) is 17.0. The molecular weight excluding hydrogens is 421 g/mol. The molecule has 9 heteroatoms. The second kappa shape index (κ2) is 7.60. The number of hydrogen-bond donors (Lipinski definition) is 2. The summed E-state index contributed by atoms with van der Waals surface area (Å²) in [5.74, 6) is 0.256. The lowest BCUT2D eigenvalue weighted by molar-refractivity contribution is -0.142. The highest BCUT2D eigenvalue weighted by atomic mass is 19.4. The van der Waals surface area contributed by atoms with Crippen molar-refractivity contribution in [2.24, 2.45) is 0 Å². The maximum absolute atomic E-state index is 13.6. The zero-order valence-corrected chi connectivity index (χ0v) is 16.6. The molecule has 0 saturated heterocycles. The van der Waals surface area contributed by atoms with Crippen LogP contribution in [0.2, 0.25) is 0 Å².